The van der Waals surface area contributed by atoms with Crippen molar-refractivity contribution in [2.75, 3.05) is 0 Å². The zero-order valence-corrected chi connectivity index (χ0v) is 19.5. The fourth-order valence-corrected chi connectivity index (χ4v) is 4.76. The van der Waals surface area contributed by atoms with Gasteiger partial charge < -0.3 is 5.11 Å². The topological polar surface area (TPSA) is 74.6 Å². The molecule has 0 aliphatic heterocycles. The molecule has 0 aromatic rings. The molecule has 0 heterocycles. The smallest absolute Gasteiger partial charge is 0.267 e. The molecule has 0 aliphatic rings. The lowest BCUT2D eigenvalue weighted by molar-refractivity contribution is 0.147. The molecule has 2 atom stereocenters. The average Bonchev–Trinajstić information content (AvgIpc) is 2.64. The molecular formula is C23H48O4S. The molecule has 0 saturated carbocycles. The van der Waals surface area contributed by atoms with Gasteiger partial charge in [0.05, 0.1) is 11.4 Å². The van der Waals surface area contributed by atoms with Crippen molar-refractivity contribution in [3.8, 4) is 0 Å². The van der Waals surface area contributed by atoms with Gasteiger partial charge in [-0.25, -0.2) is 0 Å². The van der Waals surface area contributed by atoms with E-state index in [0.717, 1.165) is 51.4 Å². The summed E-state index contributed by atoms with van der Waals surface area (Å²) in [6, 6.07) is 0. The van der Waals surface area contributed by atoms with Crippen LogP contribution in [0.3, 0.4) is 0 Å². The van der Waals surface area contributed by atoms with Crippen molar-refractivity contribution in [2.24, 2.45) is 0 Å². The Morgan fingerprint density at radius 1 is 0.571 bits per heavy atom. The highest BCUT2D eigenvalue weighted by atomic mass is 32.2. The molecule has 0 rings (SSSR count). The van der Waals surface area contributed by atoms with E-state index in [9.17, 15) is 18.1 Å². The van der Waals surface area contributed by atoms with Crippen LogP contribution in [0.15, 0.2) is 0 Å². The maximum Gasteiger partial charge on any atom is 0.267 e. The molecule has 170 valence electrons. The molecule has 2 N–H and O–H groups in total. The van der Waals surface area contributed by atoms with E-state index in [0.29, 0.717) is 12.8 Å². The van der Waals surface area contributed by atoms with Gasteiger partial charge in [0.2, 0.25) is 0 Å². The van der Waals surface area contributed by atoms with Crippen molar-refractivity contribution in [1.29, 1.82) is 0 Å². The number of unbranched alkanes of at least 4 members (excludes halogenated alkanes) is 12. The summed E-state index contributed by atoms with van der Waals surface area (Å²) in [4.78, 5) is 0. The van der Waals surface area contributed by atoms with Gasteiger partial charge in [-0.1, -0.05) is 110 Å². The first-order valence-electron chi connectivity index (χ1n) is 12.1. The maximum atomic E-state index is 11.6. The van der Waals surface area contributed by atoms with Crippen LogP contribution in [0.4, 0.5) is 0 Å². The molecule has 0 aromatic carbocycles. The Balaban J connectivity index is 3.77. The van der Waals surface area contributed by atoms with Crippen molar-refractivity contribution in [1.82, 2.24) is 0 Å². The third-order valence-electron chi connectivity index (χ3n) is 5.76. The first kappa shape index (κ1) is 27.9. The number of aliphatic hydroxyl groups is 1. The second-order valence-corrected chi connectivity index (χ2v) is 10.2. The van der Waals surface area contributed by atoms with E-state index < -0.39 is 15.4 Å². The average molecular weight is 421 g/mol. The summed E-state index contributed by atoms with van der Waals surface area (Å²) in [5.74, 6) is 0. The van der Waals surface area contributed by atoms with Crippen LogP contribution >= 0.6 is 0 Å². The normalized spacial score (nSPS) is 14.3. The predicted octanol–water partition coefficient (Wildman–Crippen LogP) is 7.06. The molecule has 0 fully saturated rings. The zero-order valence-electron chi connectivity index (χ0n) is 18.7. The van der Waals surface area contributed by atoms with Crippen molar-refractivity contribution >= 4 is 10.1 Å². The van der Waals surface area contributed by atoms with Crippen molar-refractivity contribution in [3.63, 3.8) is 0 Å². The van der Waals surface area contributed by atoms with Gasteiger partial charge >= 0.3 is 0 Å². The third-order valence-corrected chi connectivity index (χ3v) is 7.07. The summed E-state index contributed by atoms with van der Waals surface area (Å²) >= 11 is 0. The van der Waals surface area contributed by atoms with E-state index in [1.54, 1.807) is 0 Å². The standard InChI is InChI=1S/C23H48O4S/c1-3-5-7-9-11-12-14-18-22(24)19-16-17-21-23(28(25,26)27)20-15-13-10-8-6-4-2/h22-24H,3-21H2,1-2H3,(H,25,26,27). The van der Waals surface area contributed by atoms with Crippen LogP contribution in [0.2, 0.25) is 0 Å². The molecule has 28 heavy (non-hydrogen) atoms. The second kappa shape index (κ2) is 18.9. The summed E-state index contributed by atoms with van der Waals surface area (Å²) in [5, 5.41) is 9.47. The maximum absolute atomic E-state index is 11.6. The van der Waals surface area contributed by atoms with Crippen LogP contribution < -0.4 is 0 Å². The molecule has 5 heteroatoms. The number of hydrogen-bond donors (Lipinski definition) is 2. The van der Waals surface area contributed by atoms with E-state index in [-0.39, 0.29) is 6.10 Å². The largest absolute Gasteiger partial charge is 0.393 e. The lowest BCUT2D eigenvalue weighted by atomic mass is 10.0. The van der Waals surface area contributed by atoms with Crippen molar-refractivity contribution in [3.05, 3.63) is 0 Å². The first-order valence-corrected chi connectivity index (χ1v) is 13.6. The number of hydrogen-bond acceptors (Lipinski definition) is 3. The molecule has 2 unspecified atom stereocenters. The summed E-state index contributed by atoms with van der Waals surface area (Å²) < 4.78 is 32.7. The molecule has 0 aliphatic carbocycles. The Bertz CT molecular complexity index is 422. The highest BCUT2D eigenvalue weighted by Crippen LogP contribution is 2.19. The Kier molecular flexibility index (Phi) is 18.8. The third kappa shape index (κ3) is 17.9. The van der Waals surface area contributed by atoms with E-state index in [1.165, 1.54) is 57.8 Å². The quantitative estimate of drug-likeness (QED) is 0.154. The minimum atomic E-state index is -3.95. The summed E-state index contributed by atoms with van der Waals surface area (Å²) in [5.41, 5.74) is 0. The molecule has 0 radical (unpaired) electrons. The number of aliphatic hydroxyl groups excluding tert-OH is 1. The van der Waals surface area contributed by atoms with Crippen molar-refractivity contribution in [2.45, 2.75) is 147 Å². The van der Waals surface area contributed by atoms with Crippen molar-refractivity contribution < 1.29 is 18.1 Å². The Morgan fingerprint density at radius 3 is 1.32 bits per heavy atom. The SMILES string of the molecule is CCCCCCCCCC(O)CCCCC(CCCCCCCC)S(=O)(=O)O. The van der Waals surface area contributed by atoms with Crippen LogP contribution in [0.25, 0.3) is 0 Å². The minimum absolute atomic E-state index is 0.265. The van der Waals surface area contributed by atoms with E-state index >= 15 is 0 Å². The van der Waals surface area contributed by atoms with E-state index in [2.05, 4.69) is 13.8 Å². The van der Waals surface area contributed by atoms with Gasteiger partial charge in [0.15, 0.2) is 0 Å². The van der Waals surface area contributed by atoms with Gasteiger partial charge in [0, 0.05) is 0 Å². The lowest BCUT2D eigenvalue weighted by Crippen LogP contribution is -2.20. The fourth-order valence-electron chi connectivity index (χ4n) is 3.83. The minimum Gasteiger partial charge on any atom is -0.393 e. The molecule has 4 nitrogen and oxygen atoms in total. The van der Waals surface area contributed by atoms with E-state index in [4.69, 9.17) is 0 Å². The first-order chi connectivity index (χ1) is 13.4. The van der Waals surface area contributed by atoms with Gasteiger partial charge in [0.1, 0.15) is 0 Å². The summed E-state index contributed by atoms with van der Waals surface area (Å²) in [6.07, 6.45) is 19.5. The highest BCUT2D eigenvalue weighted by molar-refractivity contribution is 7.86. The van der Waals surface area contributed by atoms with Gasteiger partial charge in [0.25, 0.3) is 10.1 Å². The van der Waals surface area contributed by atoms with Gasteiger partial charge in [-0.05, 0) is 25.7 Å². The molecular weight excluding hydrogens is 372 g/mol. The molecule has 0 spiro atoms. The number of rotatable bonds is 21. The van der Waals surface area contributed by atoms with Crippen LogP contribution in [-0.2, 0) is 10.1 Å². The van der Waals surface area contributed by atoms with Gasteiger partial charge in [-0.2, -0.15) is 8.42 Å². The van der Waals surface area contributed by atoms with Gasteiger partial charge in [-0.3, -0.25) is 4.55 Å². The fraction of sp³-hybridized carbons (Fsp3) is 1.00. The van der Waals surface area contributed by atoms with Crippen LogP contribution in [0.1, 0.15) is 136 Å². The van der Waals surface area contributed by atoms with E-state index in [1.807, 2.05) is 0 Å². The predicted molar refractivity (Wildman–Crippen MR) is 120 cm³/mol. The Morgan fingerprint density at radius 2 is 0.893 bits per heavy atom. The Labute approximate surface area is 175 Å². The van der Waals surface area contributed by atoms with Crippen LogP contribution in [-0.4, -0.2) is 29.4 Å². The van der Waals surface area contributed by atoms with Crippen LogP contribution in [0.5, 0.6) is 0 Å². The lowest BCUT2D eigenvalue weighted by Gasteiger charge is -2.15. The van der Waals surface area contributed by atoms with Crippen LogP contribution in [0, 0.1) is 0 Å². The molecule has 0 amide bonds. The molecule has 0 saturated heterocycles. The second-order valence-electron chi connectivity index (χ2n) is 8.54. The highest BCUT2D eigenvalue weighted by Gasteiger charge is 2.22. The monoisotopic (exact) mass is 420 g/mol. The summed E-state index contributed by atoms with van der Waals surface area (Å²) in [7, 11) is -3.95. The van der Waals surface area contributed by atoms with Gasteiger partial charge in [-0.15, -0.1) is 0 Å². The zero-order chi connectivity index (χ0) is 21.1. The summed E-state index contributed by atoms with van der Waals surface area (Å²) in [6.45, 7) is 4.41. The Hall–Kier alpha value is -0.130. The molecule has 0 aromatic heterocycles. The molecule has 0 bridgehead atoms.